The van der Waals surface area contributed by atoms with Crippen molar-refractivity contribution in [2.24, 2.45) is 0 Å². The van der Waals surface area contributed by atoms with Crippen LogP contribution in [0.15, 0.2) is 57.9 Å². The second-order valence-electron chi connectivity index (χ2n) is 8.18. The van der Waals surface area contributed by atoms with Crippen molar-refractivity contribution in [1.82, 2.24) is 9.46 Å². The molecule has 3 aromatic rings. The van der Waals surface area contributed by atoms with E-state index in [1.54, 1.807) is 50.5 Å². The van der Waals surface area contributed by atoms with Crippen LogP contribution in [0.3, 0.4) is 0 Å². The van der Waals surface area contributed by atoms with Crippen molar-refractivity contribution in [2.75, 3.05) is 43.5 Å². The van der Waals surface area contributed by atoms with Gasteiger partial charge in [-0.1, -0.05) is 29.4 Å². The maximum Gasteiger partial charge on any atom is 0.243 e. The number of sulfonamides is 1. The number of piperazine rings is 1. The van der Waals surface area contributed by atoms with Crippen LogP contribution < -0.4 is 15.0 Å². The third kappa shape index (κ3) is 5.55. The van der Waals surface area contributed by atoms with Crippen molar-refractivity contribution in [3.8, 4) is 5.75 Å². The minimum Gasteiger partial charge on any atom is -0.497 e. The second-order valence-corrected chi connectivity index (χ2v) is 10.1. The molecule has 0 bridgehead atoms. The summed E-state index contributed by atoms with van der Waals surface area (Å²) in [6.07, 6.45) is 3.46. The highest BCUT2D eigenvalue weighted by Gasteiger charge is 2.28. The number of amides is 1. The number of aryl methyl sites for hydroxylation is 1. The van der Waals surface area contributed by atoms with Gasteiger partial charge < -0.3 is 19.5 Å². The molecule has 35 heavy (non-hydrogen) atoms. The number of ether oxygens (including phenoxy) is 1. The molecule has 1 N–H and O–H groups in total. The predicted molar refractivity (Wildman–Crippen MR) is 135 cm³/mol. The quantitative estimate of drug-likeness (QED) is 0.533. The molecule has 1 fully saturated rings. The van der Waals surface area contributed by atoms with Crippen LogP contribution in [0.1, 0.15) is 23.9 Å². The van der Waals surface area contributed by atoms with E-state index in [-0.39, 0.29) is 10.8 Å². The number of anilines is 2. The maximum absolute atomic E-state index is 13.2. The number of hydrogen-bond donors (Lipinski definition) is 1. The van der Waals surface area contributed by atoms with Crippen LogP contribution in [-0.2, 0) is 14.8 Å². The minimum absolute atomic E-state index is 0.218. The normalized spacial score (nSPS) is 14.9. The van der Waals surface area contributed by atoms with Crippen molar-refractivity contribution in [1.29, 1.82) is 0 Å². The summed E-state index contributed by atoms with van der Waals surface area (Å²) >= 11 is 0. The minimum atomic E-state index is -3.60. The van der Waals surface area contributed by atoms with Crippen LogP contribution in [-0.4, -0.2) is 57.1 Å². The largest absolute Gasteiger partial charge is 0.497 e. The molecule has 2 aromatic carbocycles. The van der Waals surface area contributed by atoms with Gasteiger partial charge in [0.05, 0.1) is 12.0 Å². The summed E-state index contributed by atoms with van der Waals surface area (Å²) in [7, 11) is -1.97. The van der Waals surface area contributed by atoms with Gasteiger partial charge in [-0.05, 0) is 42.8 Å². The van der Waals surface area contributed by atoms with Gasteiger partial charge >= 0.3 is 0 Å². The zero-order valence-electron chi connectivity index (χ0n) is 19.9. The van der Waals surface area contributed by atoms with Gasteiger partial charge in [-0.25, -0.2) is 8.42 Å². The number of hydrogen-bond acceptors (Lipinski definition) is 7. The zero-order valence-corrected chi connectivity index (χ0v) is 20.7. The smallest absolute Gasteiger partial charge is 0.243 e. The first kappa shape index (κ1) is 24.5. The number of aromatic nitrogens is 1. The standard InChI is InChI=1S/C25H28N4O5S/c1-18-25(26-19(2)30)24(34-27-18)12-9-20-7-10-23(11-8-20)35(31,32)29-15-13-28(14-16-29)21-5-4-6-22(17-21)33-3/h4-12,17H,13-16H2,1-3H3,(H,26,30). The number of benzene rings is 2. The molecule has 0 aliphatic carbocycles. The monoisotopic (exact) mass is 496 g/mol. The van der Waals surface area contributed by atoms with E-state index in [0.29, 0.717) is 43.3 Å². The molecule has 1 amide bonds. The summed E-state index contributed by atoms with van der Waals surface area (Å²) < 4.78 is 38.4. The Hall–Kier alpha value is -3.63. The second kappa shape index (κ2) is 10.3. The molecule has 184 valence electrons. The van der Waals surface area contributed by atoms with Crippen LogP contribution in [0.5, 0.6) is 5.75 Å². The predicted octanol–water partition coefficient (Wildman–Crippen LogP) is 3.63. The molecule has 9 nitrogen and oxygen atoms in total. The van der Waals surface area contributed by atoms with Crippen LogP contribution in [0.2, 0.25) is 0 Å². The Morgan fingerprint density at radius 2 is 1.80 bits per heavy atom. The first-order valence-corrected chi connectivity index (χ1v) is 12.6. The van der Waals surface area contributed by atoms with Gasteiger partial charge in [0.15, 0.2) is 5.76 Å². The summed E-state index contributed by atoms with van der Waals surface area (Å²) in [5.74, 6) is 0.976. The van der Waals surface area contributed by atoms with Crippen molar-refractivity contribution >= 4 is 39.5 Å². The van der Waals surface area contributed by atoms with Crippen LogP contribution in [0.4, 0.5) is 11.4 Å². The fourth-order valence-electron chi connectivity index (χ4n) is 3.89. The molecule has 1 aliphatic heterocycles. The molecule has 0 spiro atoms. The summed E-state index contributed by atoms with van der Waals surface area (Å²) in [6, 6.07) is 14.4. The van der Waals surface area contributed by atoms with Crippen LogP contribution in [0, 0.1) is 6.92 Å². The average molecular weight is 497 g/mol. The van der Waals surface area contributed by atoms with Crippen molar-refractivity contribution in [3.05, 3.63) is 65.5 Å². The number of rotatable bonds is 7. The fraction of sp³-hybridized carbons (Fsp3) is 0.280. The van der Waals surface area contributed by atoms with E-state index in [1.807, 2.05) is 24.3 Å². The number of carbonyl (C=O) groups excluding carboxylic acids is 1. The zero-order chi connectivity index (χ0) is 25.0. The SMILES string of the molecule is COc1cccc(N2CCN(S(=O)(=O)c3ccc(C=Cc4onc(C)c4NC(C)=O)cc3)CC2)c1. The fourth-order valence-corrected chi connectivity index (χ4v) is 5.32. The Labute approximate surface area is 205 Å². The third-order valence-electron chi connectivity index (χ3n) is 5.79. The topological polar surface area (TPSA) is 105 Å². The highest BCUT2D eigenvalue weighted by atomic mass is 32.2. The lowest BCUT2D eigenvalue weighted by Crippen LogP contribution is -2.48. The van der Waals surface area contributed by atoms with E-state index in [4.69, 9.17) is 9.26 Å². The van der Waals surface area contributed by atoms with Gasteiger partial charge in [0.2, 0.25) is 15.9 Å². The summed E-state index contributed by atoms with van der Waals surface area (Å²) in [6.45, 7) is 5.15. The van der Waals surface area contributed by atoms with Crippen molar-refractivity contribution < 1.29 is 22.5 Å². The van der Waals surface area contributed by atoms with E-state index in [1.165, 1.54) is 11.2 Å². The Bertz CT molecular complexity index is 1320. The molecule has 1 aliphatic rings. The van der Waals surface area contributed by atoms with Gasteiger partial charge in [0.25, 0.3) is 0 Å². The van der Waals surface area contributed by atoms with Gasteiger partial charge in [-0.2, -0.15) is 4.31 Å². The maximum atomic E-state index is 13.2. The van der Waals surface area contributed by atoms with E-state index in [0.717, 1.165) is 17.0 Å². The van der Waals surface area contributed by atoms with Gasteiger partial charge in [-0.3, -0.25) is 4.79 Å². The first-order valence-electron chi connectivity index (χ1n) is 11.2. The van der Waals surface area contributed by atoms with E-state index >= 15 is 0 Å². The number of methoxy groups -OCH3 is 1. The number of carbonyl (C=O) groups is 1. The molecule has 0 radical (unpaired) electrons. The summed E-state index contributed by atoms with van der Waals surface area (Å²) in [4.78, 5) is 13.8. The average Bonchev–Trinajstić information content (AvgIpc) is 3.21. The van der Waals surface area contributed by atoms with Crippen molar-refractivity contribution in [3.63, 3.8) is 0 Å². The molecular formula is C25H28N4O5S. The molecule has 2 heterocycles. The Balaban J connectivity index is 1.42. The highest BCUT2D eigenvalue weighted by molar-refractivity contribution is 7.89. The Morgan fingerprint density at radius 3 is 2.46 bits per heavy atom. The lowest BCUT2D eigenvalue weighted by Gasteiger charge is -2.35. The Kier molecular flexibility index (Phi) is 7.23. The molecular weight excluding hydrogens is 468 g/mol. The van der Waals surface area contributed by atoms with Crippen LogP contribution in [0.25, 0.3) is 12.2 Å². The van der Waals surface area contributed by atoms with Gasteiger partial charge in [0, 0.05) is 44.9 Å². The third-order valence-corrected chi connectivity index (χ3v) is 7.71. The molecule has 0 unspecified atom stereocenters. The molecule has 4 rings (SSSR count). The summed E-state index contributed by atoms with van der Waals surface area (Å²) in [5.41, 5.74) is 2.89. The molecule has 1 saturated heterocycles. The Morgan fingerprint density at radius 1 is 1.09 bits per heavy atom. The summed E-state index contributed by atoms with van der Waals surface area (Å²) in [5, 5.41) is 6.58. The molecule has 0 atom stereocenters. The van der Waals surface area contributed by atoms with E-state index in [9.17, 15) is 13.2 Å². The lowest BCUT2D eigenvalue weighted by molar-refractivity contribution is -0.114. The van der Waals surface area contributed by atoms with E-state index < -0.39 is 10.0 Å². The van der Waals surface area contributed by atoms with Gasteiger partial charge in [0.1, 0.15) is 17.1 Å². The molecule has 0 saturated carbocycles. The number of nitrogens with zero attached hydrogens (tertiary/aromatic N) is 3. The number of nitrogens with one attached hydrogen (secondary N) is 1. The van der Waals surface area contributed by atoms with Crippen LogP contribution >= 0.6 is 0 Å². The van der Waals surface area contributed by atoms with E-state index in [2.05, 4.69) is 15.4 Å². The van der Waals surface area contributed by atoms with Crippen molar-refractivity contribution in [2.45, 2.75) is 18.7 Å². The molecule has 10 heteroatoms. The van der Waals surface area contributed by atoms with Gasteiger partial charge in [-0.15, -0.1) is 0 Å². The highest BCUT2D eigenvalue weighted by Crippen LogP contribution is 2.25. The first-order chi connectivity index (χ1) is 16.8. The molecule has 1 aromatic heterocycles. The lowest BCUT2D eigenvalue weighted by atomic mass is 10.2.